The molecule has 0 atom stereocenters. The number of hydrogen-bond donors (Lipinski definition) is 0. The van der Waals surface area contributed by atoms with E-state index < -0.39 is 4.92 Å². The van der Waals surface area contributed by atoms with Crippen LogP contribution in [0.1, 0.15) is 6.42 Å². The van der Waals surface area contributed by atoms with Crippen LogP contribution >= 0.6 is 0 Å². The number of hydrogen-bond acceptors (Lipinski definition) is 4. The summed E-state index contributed by atoms with van der Waals surface area (Å²) in [6.45, 7) is 0.948. The first kappa shape index (κ1) is 11.4. The molecule has 6 nitrogen and oxygen atoms in total. The lowest BCUT2D eigenvalue weighted by molar-refractivity contribution is -0.385. The quantitative estimate of drug-likeness (QED) is 0.411. The zero-order chi connectivity index (χ0) is 11.3. The van der Waals surface area contributed by atoms with E-state index in [1.54, 1.807) is 7.11 Å². The fourth-order valence-electron chi connectivity index (χ4n) is 1.18. The van der Waals surface area contributed by atoms with Crippen molar-refractivity contribution >= 4 is 5.69 Å². The lowest BCUT2D eigenvalue weighted by Gasteiger charge is -2.03. The molecule has 1 aromatic heterocycles. The Morgan fingerprint density at radius 1 is 1.53 bits per heavy atom. The van der Waals surface area contributed by atoms with Crippen molar-refractivity contribution < 1.29 is 9.66 Å². The molecule has 0 saturated carbocycles. The summed E-state index contributed by atoms with van der Waals surface area (Å²) in [5.74, 6) is 0. The summed E-state index contributed by atoms with van der Waals surface area (Å²) < 4.78 is 6.15. The van der Waals surface area contributed by atoms with Gasteiger partial charge in [-0.2, -0.15) is 0 Å². The van der Waals surface area contributed by atoms with Gasteiger partial charge in [0, 0.05) is 32.4 Å². The Bertz CT molecular complexity index is 399. The van der Waals surface area contributed by atoms with Crippen LogP contribution in [0.5, 0.6) is 0 Å². The van der Waals surface area contributed by atoms with Gasteiger partial charge in [-0.3, -0.25) is 14.9 Å². The summed E-state index contributed by atoms with van der Waals surface area (Å²) in [7, 11) is 1.57. The molecule has 0 aromatic carbocycles. The van der Waals surface area contributed by atoms with Gasteiger partial charge >= 0.3 is 0 Å². The monoisotopic (exact) mass is 212 g/mol. The Morgan fingerprint density at radius 2 is 2.27 bits per heavy atom. The normalized spacial score (nSPS) is 10.2. The molecular formula is C9H12N2O4. The first-order valence-electron chi connectivity index (χ1n) is 4.49. The molecule has 0 unspecified atom stereocenters. The number of ether oxygens (including phenoxy) is 1. The molecule has 0 amide bonds. The van der Waals surface area contributed by atoms with Crippen LogP contribution in [0.2, 0.25) is 0 Å². The van der Waals surface area contributed by atoms with E-state index in [2.05, 4.69) is 0 Å². The summed E-state index contributed by atoms with van der Waals surface area (Å²) in [6, 6.07) is 2.40. The number of aryl methyl sites for hydroxylation is 1. The lowest BCUT2D eigenvalue weighted by atomic mass is 10.4. The van der Waals surface area contributed by atoms with E-state index in [0.29, 0.717) is 19.6 Å². The highest BCUT2D eigenvalue weighted by atomic mass is 16.6. The number of pyridine rings is 1. The Balaban J connectivity index is 2.81. The van der Waals surface area contributed by atoms with Crippen molar-refractivity contribution in [2.45, 2.75) is 13.0 Å². The highest BCUT2D eigenvalue weighted by Gasteiger charge is 2.06. The highest BCUT2D eigenvalue weighted by Crippen LogP contribution is 2.06. The van der Waals surface area contributed by atoms with Gasteiger partial charge in [0.1, 0.15) is 0 Å². The SMILES string of the molecule is COCCCn1cc([N+](=O)[O-])ccc1=O. The van der Waals surface area contributed by atoms with E-state index in [1.807, 2.05) is 0 Å². The smallest absolute Gasteiger partial charge is 0.285 e. The molecule has 0 radical (unpaired) electrons. The molecule has 82 valence electrons. The van der Waals surface area contributed by atoms with Crippen LogP contribution in [0.4, 0.5) is 5.69 Å². The van der Waals surface area contributed by atoms with Crippen molar-refractivity contribution in [3.8, 4) is 0 Å². The van der Waals surface area contributed by atoms with Crippen molar-refractivity contribution in [3.05, 3.63) is 38.8 Å². The Morgan fingerprint density at radius 3 is 2.87 bits per heavy atom. The number of methoxy groups -OCH3 is 1. The van der Waals surface area contributed by atoms with Gasteiger partial charge in [0.25, 0.3) is 11.2 Å². The average Bonchev–Trinajstić information content (AvgIpc) is 2.20. The molecule has 1 heterocycles. The molecule has 0 aliphatic rings. The van der Waals surface area contributed by atoms with Crippen molar-refractivity contribution in [1.82, 2.24) is 4.57 Å². The molecule has 0 saturated heterocycles. The largest absolute Gasteiger partial charge is 0.385 e. The molecule has 1 rings (SSSR count). The average molecular weight is 212 g/mol. The fourth-order valence-corrected chi connectivity index (χ4v) is 1.18. The first-order valence-corrected chi connectivity index (χ1v) is 4.49. The van der Waals surface area contributed by atoms with Crippen molar-refractivity contribution in [1.29, 1.82) is 0 Å². The zero-order valence-electron chi connectivity index (χ0n) is 8.38. The Hall–Kier alpha value is -1.69. The number of aromatic nitrogens is 1. The van der Waals surface area contributed by atoms with E-state index in [0.717, 1.165) is 0 Å². The lowest BCUT2D eigenvalue weighted by Crippen LogP contribution is -2.19. The molecule has 0 fully saturated rings. The Kier molecular flexibility index (Phi) is 3.99. The molecule has 15 heavy (non-hydrogen) atoms. The van der Waals surface area contributed by atoms with Crippen molar-refractivity contribution in [3.63, 3.8) is 0 Å². The van der Waals surface area contributed by atoms with Crippen molar-refractivity contribution in [2.75, 3.05) is 13.7 Å². The van der Waals surface area contributed by atoms with Gasteiger partial charge in [0.2, 0.25) is 0 Å². The topological polar surface area (TPSA) is 74.4 Å². The van der Waals surface area contributed by atoms with Crippen LogP contribution < -0.4 is 5.56 Å². The summed E-state index contributed by atoms with van der Waals surface area (Å²) in [6.07, 6.45) is 1.90. The van der Waals surface area contributed by atoms with Crippen LogP contribution in [-0.2, 0) is 11.3 Å². The molecular weight excluding hydrogens is 200 g/mol. The van der Waals surface area contributed by atoms with E-state index >= 15 is 0 Å². The van der Waals surface area contributed by atoms with Gasteiger partial charge in [-0.25, -0.2) is 0 Å². The molecule has 0 spiro atoms. The Labute approximate surface area is 86.2 Å². The predicted molar refractivity (Wildman–Crippen MR) is 53.8 cm³/mol. The van der Waals surface area contributed by atoms with Gasteiger partial charge in [-0.1, -0.05) is 0 Å². The summed E-state index contributed by atoms with van der Waals surface area (Å²) in [5.41, 5.74) is -0.316. The molecule has 0 bridgehead atoms. The molecule has 0 N–H and O–H groups in total. The van der Waals surface area contributed by atoms with Crippen LogP contribution in [0.3, 0.4) is 0 Å². The highest BCUT2D eigenvalue weighted by molar-refractivity contribution is 5.24. The van der Waals surface area contributed by atoms with E-state index in [4.69, 9.17) is 4.74 Å². The summed E-state index contributed by atoms with van der Waals surface area (Å²) >= 11 is 0. The van der Waals surface area contributed by atoms with Gasteiger partial charge < -0.3 is 9.30 Å². The second-order valence-electron chi connectivity index (χ2n) is 3.02. The maximum absolute atomic E-state index is 11.3. The maximum atomic E-state index is 11.3. The van der Waals surface area contributed by atoms with Gasteiger partial charge in [-0.05, 0) is 6.42 Å². The van der Waals surface area contributed by atoms with E-state index in [-0.39, 0.29) is 11.2 Å². The fraction of sp³-hybridized carbons (Fsp3) is 0.444. The van der Waals surface area contributed by atoms with Gasteiger partial charge in [-0.15, -0.1) is 0 Å². The van der Waals surface area contributed by atoms with Crippen LogP contribution in [0, 0.1) is 10.1 Å². The minimum atomic E-state index is -0.522. The van der Waals surface area contributed by atoms with E-state index in [9.17, 15) is 14.9 Å². The molecule has 1 aromatic rings. The molecule has 0 aliphatic carbocycles. The third kappa shape index (κ3) is 3.17. The second-order valence-corrected chi connectivity index (χ2v) is 3.02. The number of nitrogens with zero attached hydrogens (tertiary/aromatic N) is 2. The summed E-state index contributed by atoms with van der Waals surface area (Å²) in [4.78, 5) is 21.2. The minimum Gasteiger partial charge on any atom is -0.385 e. The first-order chi connectivity index (χ1) is 7.15. The van der Waals surface area contributed by atoms with Gasteiger partial charge in [0.05, 0.1) is 11.1 Å². The van der Waals surface area contributed by atoms with E-state index in [1.165, 1.54) is 22.9 Å². The standard InChI is InChI=1S/C9H12N2O4/c1-15-6-2-5-10-7-8(11(13)14)3-4-9(10)12/h3-4,7H,2,5-6H2,1H3. The minimum absolute atomic E-state index is 0.0768. The third-order valence-corrected chi connectivity index (χ3v) is 1.93. The van der Waals surface area contributed by atoms with Crippen LogP contribution in [-0.4, -0.2) is 23.2 Å². The van der Waals surface area contributed by atoms with Crippen molar-refractivity contribution in [2.24, 2.45) is 0 Å². The predicted octanol–water partition coefficient (Wildman–Crippen LogP) is 0.793. The maximum Gasteiger partial charge on any atom is 0.285 e. The molecule has 6 heteroatoms. The second kappa shape index (κ2) is 5.26. The number of rotatable bonds is 5. The zero-order valence-corrected chi connectivity index (χ0v) is 8.38. The number of nitro groups is 1. The van der Waals surface area contributed by atoms with Gasteiger partial charge in [0.15, 0.2) is 0 Å². The van der Waals surface area contributed by atoms with Crippen LogP contribution in [0.25, 0.3) is 0 Å². The molecule has 0 aliphatic heterocycles. The summed E-state index contributed by atoms with van der Waals surface area (Å²) in [5, 5.41) is 10.5. The third-order valence-electron chi connectivity index (χ3n) is 1.93. The van der Waals surface area contributed by atoms with Crippen LogP contribution in [0.15, 0.2) is 23.1 Å².